The average Bonchev–Trinajstić information content (AvgIpc) is 2.71. The Balaban J connectivity index is 1.91. The fourth-order valence-corrected chi connectivity index (χ4v) is 2.77. The quantitative estimate of drug-likeness (QED) is 0.487. The highest BCUT2D eigenvalue weighted by Gasteiger charge is 2.06. The van der Waals surface area contributed by atoms with Gasteiger partial charge in [0.25, 0.3) is 5.91 Å². The first kappa shape index (κ1) is 22.6. The fraction of sp³-hybridized carbons (Fsp3) is 0.364. The van der Waals surface area contributed by atoms with E-state index in [1.54, 1.807) is 14.1 Å². The summed E-state index contributed by atoms with van der Waals surface area (Å²) >= 11 is 6.21. The molecule has 6 nitrogen and oxygen atoms in total. The Morgan fingerprint density at radius 3 is 2.66 bits per heavy atom. The molecule has 29 heavy (non-hydrogen) atoms. The molecule has 0 unspecified atom stereocenters. The van der Waals surface area contributed by atoms with Gasteiger partial charge >= 0.3 is 0 Å². The van der Waals surface area contributed by atoms with Crippen LogP contribution in [0.5, 0.6) is 5.75 Å². The summed E-state index contributed by atoms with van der Waals surface area (Å²) in [6.07, 6.45) is 0.813. The molecule has 0 aliphatic carbocycles. The van der Waals surface area contributed by atoms with Gasteiger partial charge in [-0.2, -0.15) is 0 Å². The SMILES string of the molecule is CCNC(=NCc1cccc(OCC(=O)N(C)C)c1)NCCc1ccccc1Cl. The largest absolute Gasteiger partial charge is 0.484 e. The lowest BCUT2D eigenvalue weighted by molar-refractivity contribution is -0.130. The second-order valence-electron chi connectivity index (χ2n) is 6.69. The van der Waals surface area contributed by atoms with E-state index < -0.39 is 0 Å². The first-order valence-corrected chi connectivity index (χ1v) is 10.0. The number of nitrogens with zero attached hydrogens (tertiary/aromatic N) is 2. The summed E-state index contributed by atoms with van der Waals surface area (Å²) in [6.45, 7) is 4.05. The summed E-state index contributed by atoms with van der Waals surface area (Å²) in [5.74, 6) is 1.32. The van der Waals surface area contributed by atoms with Crippen molar-refractivity contribution in [2.24, 2.45) is 4.99 Å². The normalized spacial score (nSPS) is 11.1. The Morgan fingerprint density at radius 1 is 1.14 bits per heavy atom. The van der Waals surface area contributed by atoms with Crippen LogP contribution in [0.3, 0.4) is 0 Å². The second-order valence-corrected chi connectivity index (χ2v) is 7.09. The minimum absolute atomic E-state index is 0.0198. The maximum absolute atomic E-state index is 11.7. The van der Waals surface area contributed by atoms with E-state index in [2.05, 4.69) is 15.6 Å². The summed E-state index contributed by atoms with van der Waals surface area (Å²) in [6, 6.07) is 15.5. The number of aliphatic imine (C=N–C) groups is 1. The molecule has 7 heteroatoms. The zero-order chi connectivity index (χ0) is 21.1. The highest BCUT2D eigenvalue weighted by Crippen LogP contribution is 2.15. The first-order valence-electron chi connectivity index (χ1n) is 9.67. The lowest BCUT2D eigenvalue weighted by Gasteiger charge is -2.13. The number of carbonyl (C=O) groups excluding carboxylic acids is 1. The summed E-state index contributed by atoms with van der Waals surface area (Å²) in [4.78, 5) is 17.8. The van der Waals surface area contributed by atoms with Gasteiger partial charge < -0.3 is 20.3 Å². The molecule has 2 N–H and O–H groups in total. The van der Waals surface area contributed by atoms with Crippen molar-refractivity contribution in [2.75, 3.05) is 33.8 Å². The highest BCUT2D eigenvalue weighted by atomic mass is 35.5. The minimum Gasteiger partial charge on any atom is -0.484 e. The number of hydrogen-bond acceptors (Lipinski definition) is 3. The van der Waals surface area contributed by atoms with Gasteiger partial charge in [0.05, 0.1) is 6.54 Å². The van der Waals surface area contributed by atoms with Crippen molar-refractivity contribution in [1.82, 2.24) is 15.5 Å². The van der Waals surface area contributed by atoms with Crippen molar-refractivity contribution in [2.45, 2.75) is 19.9 Å². The zero-order valence-corrected chi connectivity index (χ0v) is 18.0. The van der Waals surface area contributed by atoms with Gasteiger partial charge in [-0.3, -0.25) is 4.79 Å². The Kier molecular flexibility index (Phi) is 9.31. The zero-order valence-electron chi connectivity index (χ0n) is 17.2. The van der Waals surface area contributed by atoms with Crippen molar-refractivity contribution in [1.29, 1.82) is 0 Å². The molecule has 0 saturated carbocycles. The number of carbonyl (C=O) groups is 1. The first-order chi connectivity index (χ1) is 14.0. The van der Waals surface area contributed by atoms with Crippen LogP contribution in [0.2, 0.25) is 5.02 Å². The predicted molar refractivity (Wildman–Crippen MR) is 119 cm³/mol. The molecule has 0 atom stereocenters. The smallest absolute Gasteiger partial charge is 0.259 e. The highest BCUT2D eigenvalue weighted by molar-refractivity contribution is 6.31. The van der Waals surface area contributed by atoms with Crippen LogP contribution in [0.4, 0.5) is 0 Å². The van der Waals surface area contributed by atoms with Gasteiger partial charge in [0, 0.05) is 32.2 Å². The van der Waals surface area contributed by atoms with E-state index >= 15 is 0 Å². The van der Waals surface area contributed by atoms with Gasteiger partial charge in [-0.25, -0.2) is 4.99 Å². The molecule has 2 aromatic carbocycles. The van der Waals surface area contributed by atoms with Crippen molar-refractivity contribution in [3.63, 3.8) is 0 Å². The fourth-order valence-electron chi connectivity index (χ4n) is 2.54. The molecule has 0 aliphatic heterocycles. The Labute approximate surface area is 177 Å². The Morgan fingerprint density at radius 2 is 1.93 bits per heavy atom. The third-order valence-electron chi connectivity index (χ3n) is 4.17. The predicted octanol–water partition coefficient (Wildman–Crippen LogP) is 3.10. The number of likely N-dealkylation sites (N-methyl/N-ethyl adjacent to an activating group) is 1. The number of hydrogen-bond donors (Lipinski definition) is 2. The second kappa shape index (κ2) is 12.0. The average molecular weight is 417 g/mol. The molecule has 0 heterocycles. The molecule has 2 aromatic rings. The summed E-state index contributed by atoms with van der Waals surface area (Å²) in [5.41, 5.74) is 2.11. The molecular weight excluding hydrogens is 388 g/mol. The molecule has 2 rings (SSSR count). The van der Waals surface area contributed by atoms with Gasteiger partial charge in [-0.1, -0.05) is 41.9 Å². The van der Waals surface area contributed by atoms with Crippen LogP contribution in [-0.2, 0) is 17.8 Å². The number of ether oxygens (including phenoxy) is 1. The molecule has 156 valence electrons. The van der Waals surface area contributed by atoms with Crippen molar-refractivity contribution in [3.05, 3.63) is 64.7 Å². The van der Waals surface area contributed by atoms with Crippen LogP contribution in [0.15, 0.2) is 53.5 Å². The van der Waals surface area contributed by atoms with Crippen LogP contribution in [0, 0.1) is 0 Å². The molecule has 0 saturated heterocycles. The van der Waals surface area contributed by atoms with Crippen LogP contribution < -0.4 is 15.4 Å². The lowest BCUT2D eigenvalue weighted by atomic mass is 10.1. The standard InChI is InChI=1S/C22H29ClN4O2/c1-4-24-22(25-13-12-18-9-5-6-11-20(18)23)26-15-17-8-7-10-19(14-17)29-16-21(28)27(2)3/h5-11,14H,4,12-13,15-16H2,1-3H3,(H2,24,25,26). The molecule has 0 radical (unpaired) electrons. The van der Waals surface area contributed by atoms with Crippen molar-refractivity contribution < 1.29 is 9.53 Å². The topological polar surface area (TPSA) is 66.0 Å². The third kappa shape index (κ3) is 8.03. The number of benzene rings is 2. The monoisotopic (exact) mass is 416 g/mol. The molecule has 1 amide bonds. The van der Waals surface area contributed by atoms with Crippen LogP contribution >= 0.6 is 11.6 Å². The van der Waals surface area contributed by atoms with Gasteiger partial charge in [0.2, 0.25) is 0 Å². The maximum atomic E-state index is 11.7. The molecule has 0 aliphatic rings. The van der Waals surface area contributed by atoms with E-state index in [-0.39, 0.29) is 12.5 Å². The minimum atomic E-state index is -0.0782. The van der Waals surface area contributed by atoms with E-state index in [4.69, 9.17) is 16.3 Å². The van der Waals surface area contributed by atoms with Gasteiger partial charge in [0.15, 0.2) is 12.6 Å². The van der Waals surface area contributed by atoms with Crippen LogP contribution in [0.25, 0.3) is 0 Å². The van der Waals surface area contributed by atoms with E-state index in [0.717, 1.165) is 41.6 Å². The lowest BCUT2D eigenvalue weighted by Crippen LogP contribution is -2.38. The summed E-state index contributed by atoms with van der Waals surface area (Å²) < 4.78 is 5.57. The van der Waals surface area contributed by atoms with E-state index in [1.807, 2.05) is 55.5 Å². The molecule has 0 spiro atoms. The van der Waals surface area contributed by atoms with E-state index in [0.29, 0.717) is 12.3 Å². The van der Waals surface area contributed by atoms with Crippen LogP contribution in [-0.4, -0.2) is 50.6 Å². The number of amides is 1. The van der Waals surface area contributed by atoms with Gasteiger partial charge in [0.1, 0.15) is 5.75 Å². The summed E-state index contributed by atoms with van der Waals surface area (Å²) in [5, 5.41) is 7.36. The van der Waals surface area contributed by atoms with Gasteiger partial charge in [-0.15, -0.1) is 0 Å². The third-order valence-corrected chi connectivity index (χ3v) is 4.54. The molecule has 0 aromatic heterocycles. The number of halogens is 1. The number of nitrogens with one attached hydrogen (secondary N) is 2. The van der Waals surface area contributed by atoms with Crippen molar-refractivity contribution in [3.8, 4) is 5.75 Å². The van der Waals surface area contributed by atoms with E-state index in [1.165, 1.54) is 4.90 Å². The Bertz CT molecular complexity index is 824. The molecular formula is C22H29ClN4O2. The molecule has 0 bridgehead atoms. The molecule has 0 fully saturated rings. The maximum Gasteiger partial charge on any atom is 0.259 e. The Hall–Kier alpha value is -2.73. The van der Waals surface area contributed by atoms with Crippen LogP contribution in [0.1, 0.15) is 18.1 Å². The van der Waals surface area contributed by atoms with E-state index in [9.17, 15) is 4.79 Å². The van der Waals surface area contributed by atoms with Crippen molar-refractivity contribution >= 4 is 23.5 Å². The summed E-state index contributed by atoms with van der Waals surface area (Å²) in [7, 11) is 3.41. The number of rotatable bonds is 9. The van der Waals surface area contributed by atoms with Gasteiger partial charge in [-0.05, 0) is 42.7 Å². The number of guanidine groups is 1.